The van der Waals surface area contributed by atoms with Crippen molar-refractivity contribution in [1.82, 2.24) is 9.71 Å². The van der Waals surface area contributed by atoms with Crippen LogP contribution in [-0.4, -0.2) is 20.4 Å². The van der Waals surface area contributed by atoms with Crippen LogP contribution in [-0.2, 0) is 22.3 Å². The minimum Gasteiger partial charge on any atom is -0.380 e. The summed E-state index contributed by atoms with van der Waals surface area (Å²) in [6.07, 6.45) is 1.74. The molecule has 0 spiro atoms. The molecule has 0 fully saturated rings. The molecule has 0 unspecified atom stereocenters. The van der Waals surface area contributed by atoms with Gasteiger partial charge in [0.1, 0.15) is 0 Å². The fourth-order valence-electron chi connectivity index (χ4n) is 2.52. The summed E-state index contributed by atoms with van der Waals surface area (Å²) in [5.74, 6) is -0.0209. The van der Waals surface area contributed by atoms with Gasteiger partial charge in [-0.25, -0.2) is 13.1 Å². The Balaban J connectivity index is 1.72. The molecule has 0 bridgehead atoms. The lowest BCUT2D eigenvalue weighted by molar-refractivity contribution is 0.587. The van der Waals surface area contributed by atoms with Crippen LogP contribution in [0.25, 0.3) is 10.9 Å². The predicted molar refractivity (Wildman–Crippen MR) is 102 cm³/mol. The Morgan fingerprint density at radius 1 is 1.04 bits per heavy atom. The predicted octanol–water partition coefficient (Wildman–Crippen LogP) is 3.55. The molecule has 0 aliphatic heterocycles. The van der Waals surface area contributed by atoms with Crippen molar-refractivity contribution >= 4 is 38.2 Å². The normalized spacial score (nSPS) is 11.6. The van der Waals surface area contributed by atoms with E-state index in [9.17, 15) is 8.42 Å². The van der Waals surface area contributed by atoms with Gasteiger partial charge in [0, 0.05) is 28.8 Å². The van der Waals surface area contributed by atoms with Crippen LogP contribution in [0, 0.1) is 0 Å². The van der Waals surface area contributed by atoms with Crippen molar-refractivity contribution in [3.05, 3.63) is 70.9 Å². The topological polar surface area (TPSA) is 71.1 Å². The monoisotopic (exact) mass is 375 g/mol. The molecule has 5 nitrogen and oxygen atoms in total. The molecule has 0 atom stereocenters. The molecule has 3 aromatic rings. The van der Waals surface area contributed by atoms with Gasteiger partial charge in [-0.2, -0.15) is 0 Å². The van der Waals surface area contributed by atoms with Gasteiger partial charge in [0.05, 0.1) is 11.3 Å². The number of hydrogen-bond donors (Lipinski definition) is 2. The van der Waals surface area contributed by atoms with E-state index in [2.05, 4.69) is 15.0 Å². The average molecular weight is 376 g/mol. The van der Waals surface area contributed by atoms with Crippen molar-refractivity contribution in [2.75, 3.05) is 12.4 Å². The highest BCUT2D eigenvalue weighted by atomic mass is 35.5. The SMILES string of the molecule is CNS(=O)(=O)Cc1ccc(CNc2ccnc3cc(Cl)ccc23)cc1. The summed E-state index contributed by atoms with van der Waals surface area (Å²) in [6, 6.07) is 15.0. The molecule has 130 valence electrons. The van der Waals surface area contributed by atoms with Gasteiger partial charge in [-0.15, -0.1) is 0 Å². The number of halogens is 1. The molecular weight excluding hydrogens is 358 g/mol. The molecule has 0 aliphatic carbocycles. The van der Waals surface area contributed by atoms with Crippen LogP contribution in [0.4, 0.5) is 5.69 Å². The lowest BCUT2D eigenvalue weighted by Crippen LogP contribution is -2.20. The van der Waals surface area contributed by atoms with E-state index in [1.807, 2.05) is 48.5 Å². The number of benzene rings is 2. The second-order valence-corrected chi connectivity index (χ2v) is 8.02. The lowest BCUT2D eigenvalue weighted by Gasteiger charge is -2.10. The summed E-state index contributed by atoms with van der Waals surface area (Å²) in [6.45, 7) is 0.626. The van der Waals surface area contributed by atoms with E-state index in [0.29, 0.717) is 11.6 Å². The van der Waals surface area contributed by atoms with E-state index < -0.39 is 10.0 Å². The molecule has 2 aromatic carbocycles. The van der Waals surface area contributed by atoms with Gasteiger partial charge in [0.25, 0.3) is 0 Å². The van der Waals surface area contributed by atoms with Crippen molar-refractivity contribution in [2.24, 2.45) is 0 Å². The highest BCUT2D eigenvalue weighted by molar-refractivity contribution is 7.88. The molecule has 2 N–H and O–H groups in total. The number of hydrogen-bond acceptors (Lipinski definition) is 4. The Bertz CT molecular complexity index is 989. The van der Waals surface area contributed by atoms with E-state index in [0.717, 1.165) is 27.7 Å². The van der Waals surface area contributed by atoms with E-state index in [1.54, 1.807) is 6.20 Å². The molecule has 25 heavy (non-hydrogen) atoms. The first-order valence-corrected chi connectivity index (χ1v) is 9.77. The first-order valence-electron chi connectivity index (χ1n) is 7.74. The number of nitrogens with zero attached hydrogens (tertiary/aromatic N) is 1. The first kappa shape index (κ1) is 17.7. The van der Waals surface area contributed by atoms with Crippen molar-refractivity contribution in [3.63, 3.8) is 0 Å². The molecular formula is C18H18ClN3O2S. The summed E-state index contributed by atoms with van der Waals surface area (Å²) in [7, 11) is -1.84. The third-order valence-electron chi connectivity index (χ3n) is 3.88. The maximum atomic E-state index is 11.6. The number of anilines is 1. The second kappa shape index (κ2) is 7.39. The maximum Gasteiger partial charge on any atom is 0.215 e. The van der Waals surface area contributed by atoms with Gasteiger partial charge in [-0.05, 0) is 42.4 Å². The van der Waals surface area contributed by atoms with Crippen molar-refractivity contribution in [1.29, 1.82) is 0 Å². The smallest absolute Gasteiger partial charge is 0.215 e. The minimum absolute atomic E-state index is 0.0209. The summed E-state index contributed by atoms with van der Waals surface area (Å²) in [4.78, 5) is 4.32. The zero-order valence-corrected chi connectivity index (χ0v) is 15.2. The van der Waals surface area contributed by atoms with Gasteiger partial charge in [0.2, 0.25) is 10.0 Å². The van der Waals surface area contributed by atoms with Crippen molar-refractivity contribution < 1.29 is 8.42 Å². The molecule has 0 saturated carbocycles. The standard InChI is InChI=1S/C18H18ClN3O2S/c1-20-25(23,24)12-14-4-2-13(3-5-14)11-22-17-8-9-21-18-10-15(19)6-7-16(17)18/h2-10,20H,11-12H2,1H3,(H,21,22). The Morgan fingerprint density at radius 3 is 2.48 bits per heavy atom. The van der Waals surface area contributed by atoms with E-state index in [4.69, 9.17) is 11.6 Å². The van der Waals surface area contributed by atoms with Gasteiger partial charge in [-0.3, -0.25) is 4.98 Å². The third kappa shape index (κ3) is 4.48. The molecule has 0 aliphatic rings. The molecule has 0 radical (unpaired) electrons. The zero-order chi connectivity index (χ0) is 17.9. The van der Waals surface area contributed by atoms with Gasteiger partial charge in [-0.1, -0.05) is 35.9 Å². The van der Waals surface area contributed by atoms with Gasteiger partial charge in [0.15, 0.2) is 0 Å². The summed E-state index contributed by atoms with van der Waals surface area (Å²) in [5, 5.41) is 5.05. The van der Waals surface area contributed by atoms with Crippen LogP contribution in [0.15, 0.2) is 54.7 Å². The number of aromatic nitrogens is 1. The number of pyridine rings is 1. The molecule has 1 aromatic heterocycles. The summed E-state index contributed by atoms with van der Waals surface area (Å²) < 4.78 is 25.5. The van der Waals surface area contributed by atoms with Crippen LogP contribution < -0.4 is 10.0 Å². The van der Waals surface area contributed by atoms with Crippen molar-refractivity contribution in [2.45, 2.75) is 12.3 Å². The average Bonchev–Trinajstić information content (AvgIpc) is 2.60. The third-order valence-corrected chi connectivity index (χ3v) is 5.45. The van der Waals surface area contributed by atoms with E-state index in [1.165, 1.54) is 7.05 Å². The Hall–Kier alpha value is -2.15. The maximum absolute atomic E-state index is 11.6. The Kier molecular flexibility index (Phi) is 5.22. The fourth-order valence-corrected chi connectivity index (χ4v) is 3.46. The number of rotatable bonds is 6. The van der Waals surface area contributed by atoms with E-state index in [-0.39, 0.29) is 5.75 Å². The lowest BCUT2D eigenvalue weighted by atomic mass is 10.1. The Labute approximate surface area is 152 Å². The molecule has 0 amide bonds. The largest absolute Gasteiger partial charge is 0.380 e. The molecule has 1 heterocycles. The summed E-state index contributed by atoms with van der Waals surface area (Å²) in [5.41, 5.74) is 3.63. The molecule has 3 rings (SSSR count). The minimum atomic E-state index is -3.25. The van der Waals surface area contributed by atoms with Crippen molar-refractivity contribution in [3.8, 4) is 0 Å². The summed E-state index contributed by atoms with van der Waals surface area (Å²) >= 11 is 6.01. The zero-order valence-electron chi connectivity index (χ0n) is 13.7. The van der Waals surface area contributed by atoms with Crippen LogP contribution in [0.2, 0.25) is 5.02 Å². The molecule has 0 saturated heterocycles. The van der Waals surface area contributed by atoms with Gasteiger partial charge >= 0.3 is 0 Å². The fraction of sp³-hybridized carbons (Fsp3) is 0.167. The number of sulfonamides is 1. The highest BCUT2D eigenvalue weighted by Gasteiger charge is 2.08. The number of nitrogens with one attached hydrogen (secondary N) is 2. The van der Waals surface area contributed by atoms with Crippen LogP contribution in [0.5, 0.6) is 0 Å². The second-order valence-electron chi connectivity index (χ2n) is 5.65. The Morgan fingerprint density at radius 2 is 1.76 bits per heavy atom. The first-order chi connectivity index (χ1) is 12.0. The quantitative estimate of drug-likeness (QED) is 0.691. The van der Waals surface area contributed by atoms with Crippen LogP contribution in [0.3, 0.4) is 0 Å². The van der Waals surface area contributed by atoms with Crippen LogP contribution in [0.1, 0.15) is 11.1 Å². The van der Waals surface area contributed by atoms with Crippen LogP contribution >= 0.6 is 11.6 Å². The highest BCUT2D eigenvalue weighted by Crippen LogP contribution is 2.24. The molecule has 7 heteroatoms. The van der Waals surface area contributed by atoms with E-state index >= 15 is 0 Å². The number of fused-ring (bicyclic) bond motifs is 1. The van der Waals surface area contributed by atoms with Gasteiger partial charge < -0.3 is 5.32 Å².